The van der Waals surface area contributed by atoms with Crippen LogP contribution in [0.3, 0.4) is 0 Å². The quantitative estimate of drug-likeness (QED) is 0.633. The van der Waals surface area contributed by atoms with E-state index >= 15 is 0 Å². The van der Waals surface area contributed by atoms with Crippen LogP contribution in [0.25, 0.3) is 0 Å². The largest absolute Gasteiger partial charge is 0.465 e. The summed E-state index contributed by atoms with van der Waals surface area (Å²) in [7, 11) is 0. The molecule has 1 aromatic rings. The van der Waals surface area contributed by atoms with Gasteiger partial charge in [-0.3, -0.25) is 9.69 Å². The first-order chi connectivity index (χ1) is 8.95. The molecule has 2 N–H and O–H groups in total. The highest BCUT2D eigenvalue weighted by atomic mass is 16.5. The predicted octanol–water partition coefficient (Wildman–Crippen LogP) is 2.43. The van der Waals surface area contributed by atoms with Crippen LogP contribution in [0.2, 0.25) is 0 Å². The number of nitrogens with two attached hydrogens (primary N) is 1. The number of hydrogen-bond donors (Lipinski definition) is 1. The molecular weight excluding hydrogens is 240 g/mol. The second-order valence-electron chi connectivity index (χ2n) is 4.94. The summed E-state index contributed by atoms with van der Waals surface area (Å²) in [6.07, 6.45) is 0. The second kappa shape index (κ2) is 7.14. The number of nitrogens with zero attached hydrogens (tertiary/aromatic N) is 1. The lowest BCUT2D eigenvalue weighted by molar-refractivity contribution is -0.149. The third-order valence-electron chi connectivity index (χ3n) is 3.13. The van der Waals surface area contributed by atoms with Gasteiger partial charge in [-0.1, -0.05) is 12.1 Å². The van der Waals surface area contributed by atoms with E-state index in [0.29, 0.717) is 13.2 Å². The Hall–Kier alpha value is -1.55. The first kappa shape index (κ1) is 15.5. The first-order valence-corrected chi connectivity index (χ1v) is 6.72. The van der Waals surface area contributed by atoms with Crippen LogP contribution in [0.5, 0.6) is 0 Å². The van der Waals surface area contributed by atoms with Crippen molar-refractivity contribution < 1.29 is 9.53 Å². The second-order valence-corrected chi connectivity index (χ2v) is 4.94. The topological polar surface area (TPSA) is 55.6 Å². The van der Waals surface area contributed by atoms with Gasteiger partial charge in [-0.15, -0.1) is 0 Å². The highest BCUT2D eigenvalue weighted by Gasteiger charge is 2.24. The number of anilines is 1. The van der Waals surface area contributed by atoms with E-state index in [4.69, 9.17) is 10.5 Å². The molecule has 0 aliphatic carbocycles. The SMILES string of the molecule is CCOC(=O)C(C)N(Cc1ccc(N)cc1)C(C)C. The Balaban J connectivity index is 2.77. The highest BCUT2D eigenvalue weighted by molar-refractivity contribution is 5.75. The maximum Gasteiger partial charge on any atom is 0.323 e. The molecular formula is C15H24N2O2. The van der Waals surface area contributed by atoms with Crippen LogP contribution in [-0.2, 0) is 16.1 Å². The molecule has 4 heteroatoms. The number of ether oxygens (including phenoxy) is 1. The van der Waals surface area contributed by atoms with Gasteiger partial charge in [0.25, 0.3) is 0 Å². The summed E-state index contributed by atoms with van der Waals surface area (Å²) in [5, 5.41) is 0. The van der Waals surface area contributed by atoms with Crippen molar-refractivity contribution in [2.24, 2.45) is 0 Å². The maximum absolute atomic E-state index is 11.8. The Kier molecular flexibility index (Phi) is 5.83. The maximum atomic E-state index is 11.8. The van der Waals surface area contributed by atoms with Crippen LogP contribution in [0.4, 0.5) is 5.69 Å². The molecule has 19 heavy (non-hydrogen) atoms. The van der Waals surface area contributed by atoms with Gasteiger partial charge in [0.05, 0.1) is 6.61 Å². The molecule has 0 aromatic heterocycles. The van der Waals surface area contributed by atoms with Crippen LogP contribution in [0.1, 0.15) is 33.3 Å². The third-order valence-corrected chi connectivity index (χ3v) is 3.13. The Labute approximate surface area is 115 Å². The number of hydrogen-bond acceptors (Lipinski definition) is 4. The standard InChI is InChI=1S/C15H24N2O2/c1-5-19-15(18)12(4)17(11(2)3)10-13-6-8-14(16)9-7-13/h6-9,11-12H,5,10,16H2,1-4H3. The van der Waals surface area contributed by atoms with E-state index in [1.165, 1.54) is 0 Å². The lowest BCUT2D eigenvalue weighted by Crippen LogP contribution is -2.43. The van der Waals surface area contributed by atoms with E-state index in [9.17, 15) is 4.79 Å². The number of benzene rings is 1. The van der Waals surface area contributed by atoms with Gasteiger partial charge < -0.3 is 10.5 Å². The molecule has 0 spiro atoms. The zero-order valence-electron chi connectivity index (χ0n) is 12.2. The highest BCUT2D eigenvalue weighted by Crippen LogP contribution is 2.14. The van der Waals surface area contributed by atoms with Crippen molar-refractivity contribution >= 4 is 11.7 Å². The van der Waals surface area contributed by atoms with Gasteiger partial charge in [0.15, 0.2) is 0 Å². The number of esters is 1. The minimum Gasteiger partial charge on any atom is -0.465 e. The van der Waals surface area contributed by atoms with E-state index in [1.54, 1.807) is 0 Å². The zero-order valence-corrected chi connectivity index (χ0v) is 12.2. The molecule has 0 bridgehead atoms. The average Bonchev–Trinajstić information content (AvgIpc) is 2.37. The van der Waals surface area contributed by atoms with Crippen LogP contribution in [0, 0.1) is 0 Å². The van der Waals surface area contributed by atoms with E-state index in [1.807, 2.05) is 38.1 Å². The summed E-state index contributed by atoms with van der Waals surface area (Å²) < 4.78 is 5.09. The molecule has 0 saturated heterocycles. The molecule has 0 aliphatic rings. The van der Waals surface area contributed by atoms with Gasteiger partial charge in [-0.05, 0) is 45.4 Å². The van der Waals surface area contributed by atoms with Gasteiger partial charge in [0.2, 0.25) is 0 Å². The number of carbonyl (C=O) groups is 1. The van der Waals surface area contributed by atoms with Gasteiger partial charge in [0, 0.05) is 18.3 Å². The minimum absolute atomic E-state index is 0.174. The fraction of sp³-hybridized carbons (Fsp3) is 0.533. The Bertz CT molecular complexity index is 401. The van der Waals surface area contributed by atoms with E-state index < -0.39 is 0 Å². The Morgan fingerprint density at radius 3 is 2.32 bits per heavy atom. The molecule has 0 heterocycles. The van der Waals surface area contributed by atoms with Crippen molar-refractivity contribution in [1.82, 2.24) is 4.90 Å². The summed E-state index contributed by atoms with van der Waals surface area (Å²) >= 11 is 0. The Morgan fingerprint density at radius 2 is 1.84 bits per heavy atom. The van der Waals surface area contributed by atoms with Crippen molar-refractivity contribution in [1.29, 1.82) is 0 Å². The smallest absolute Gasteiger partial charge is 0.323 e. The van der Waals surface area contributed by atoms with Crippen molar-refractivity contribution in [2.45, 2.75) is 46.3 Å². The lowest BCUT2D eigenvalue weighted by Gasteiger charge is -2.31. The van der Waals surface area contributed by atoms with Crippen molar-refractivity contribution in [3.63, 3.8) is 0 Å². The molecule has 0 amide bonds. The van der Waals surface area contributed by atoms with Crippen molar-refractivity contribution in [3.8, 4) is 0 Å². The number of carbonyl (C=O) groups excluding carboxylic acids is 1. The molecule has 1 unspecified atom stereocenters. The lowest BCUT2D eigenvalue weighted by atomic mass is 10.1. The summed E-state index contributed by atoms with van der Waals surface area (Å²) in [4.78, 5) is 14.0. The van der Waals surface area contributed by atoms with E-state index in [2.05, 4.69) is 18.7 Å². The van der Waals surface area contributed by atoms with Gasteiger partial charge in [-0.25, -0.2) is 0 Å². The summed E-state index contributed by atoms with van der Waals surface area (Å²) in [5.74, 6) is -0.174. The third kappa shape index (κ3) is 4.56. The molecule has 0 saturated carbocycles. The molecule has 0 fully saturated rings. The molecule has 0 radical (unpaired) electrons. The number of nitrogen functional groups attached to an aromatic ring is 1. The fourth-order valence-electron chi connectivity index (χ4n) is 2.00. The van der Waals surface area contributed by atoms with Gasteiger partial charge in [0.1, 0.15) is 6.04 Å². The van der Waals surface area contributed by atoms with Crippen LogP contribution < -0.4 is 5.73 Å². The molecule has 1 rings (SSSR count). The number of rotatable bonds is 6. The molecule has 1 atom stereocenters. The van der Waals surface area contributed by atoms with Crippen molar-refractivity contribution in [2.75, 3.05) is 12.3 Å². The first-order valence-electron chi connectivity index (χ1n) is 6.72. The fourth-order valence-corrected chi connectivity index (χ4v) is 2.00. The van der Waals surface area contributed by atoms with Gasteiger partial charge in [-0.2, -0.15) is 0 Å². The van der Waals surface area contributed by atoms with Crippen molar-refractivity contribution in [3.05, 3.63) is 29.8 Å². The molecule has 4 nitrogen and oxygen atoms in total. The minimum atomic E-state index is -0.252. The zero-order chi connectivity index (χ0) is 14.4. The monoisotopic (exact) mass is 264 g/mol. The molecule has 0 aliphatic heterocycles. The average molecular weight is 264 g/mol. The summed E-state index contributed by atoms with van der Waals surface area (Å²) in [5.41, 5.74) is 7.56. The van der Waals surface area contributed by atoms with Crippen LogP contribution in [-0.4, -0.2) is 29.6 Å². The molecule has 1 aromatic carbocycles. The normalized spacial score (nSPS) is 12.7. The van der Waals surface area contributed by atoms with Crippen LogP contribution in [0.15, 0.2) is 24.3 Å². The predicted molar refractivity (Wildman–Crippen MR) is 77.6 cm³/mol. The van der Waals surface area contributed by atoms with Crippen LogP contribution >= 0.6 is 0 Å². The van der Waals surface area contributed by atoms with Gasteiger partial charge >= 0.3 is 5.97 Å². The molecule has 106 valence electrons. The Morgan fingerprint density at radius 1 is 1.26 bits per heavy atom. The summed E-state index contributed by atoms with van der Waals surface area (Å²) in [6.45, 7) is 8.98. The van der Waals surface area contributed by atoms with E-state index in [0.717, 1.165) is 11.3 Å². The van der Waals surface area contributed by atoms with E-state index in [-0.39, 0.29) is 18.1 Å². The summed E-state index contributed by atoms with van der Waals surface area (Å²) in [6, 6.07) is 7.74.